The van der Waals surface area contributed by atoms with Crippen molar-refractivity contribution < 1.29 is 9.90 Å². The van der Waals surface area contributed by atoms with E-state index in [1.54, 1.807) is 0 Å². The van der Waals surface area contributed by atoms with Gasteiger partial charge in [0.2, 0.25) is 5.91 Å². The Morgan fingerprint density at radius 1 is 1.26 bits per heavy atom. The molecule has 3 atom stereocenters. The molecule has 5 rings (SSSR count). The minimum Gasteiger partial charge on any atom is -0.390 e. The van der Waals surface area contributed by atoms with E-state index in [0.29, 0.717) is 24.2 Å². The fourth-order valence-corrected chi connectivity index (χ4v) is 6.64. The Kier molecular flexibility index (Phi) is 3.96. The van der Waals surface area contributed by atoms with Crippen LogP contribution in [-0.4, -0.2) is 47.7 Å². The first-order valence-corrected chi connectivity index (χ1v) is 9.69. The van der Waals surface area contributed by atoms with Gasteiger partial charge in [0.1, 0.15) is 0 Å². The number of hydrogen-bond acceptors (Lipinski definition) is 3. The van der Waals surface area contributed by atoms with Crippen molar-refractivity contribution in [3.63, 3.8) is 0 Å². The van der Waals surface area contributed by atoms with E-state index in [-0.39, 0.29) is 11.3 Å². The lowest BCUT2D eigenvalue weighted by atomic mass is 9.47. The van der Waals surface area contributed by atoms with E-state index in [1.165, 1.54) is 32.2 Å². The number of hydrogen-bond donors (Lipinski definition) is 2. The normalized spacial score (nSPS) is 45.6. The van der Waals surface area contributed by atoms with Gasteiger partial charge in [-0.2, -0.15) is 0 Å². The van der Waals surface area contributed by atoms with Crippen molar-refractivity contribution in [3.05, 3.63) is 0 Å². The summed E-state index contributed by atoms with van der Waals surface area (Å²) in [5.74, 6) is 2.19. The summed E-state index contributed by atoms with van der Waals surface area (Å²) in [6.07, 6.45) is 8.34. The molecular formula is C19H32N2O2. The fraction of sp³-hybridized carbons (Fsp3) is 0.947. The molecule has 4 bridgehead atoms. The van der Waals surface area contributed by atoms with Gasteiger partial charge in [-0.1, -0.05) is 6.92 Å². The summed E-state index contributed by atoms with van der Waals surface area (Å²) >= 11 is 0. The van der Waals surface area contributed by atoms with Gasteiger partial charge in [-0.25, -0.2) is 0 Å². The van der Waals surface area contributed by atoms with E-state index in [9.17, 15) is 9.90 Å². The van der Waals surface area contributed by atoms with Gasteiger partial charge < -0.3 is 15.3 Å². The van der Waals surface area contributed by atoms with Gasteiger partial charge in [-0.05, 0) is 81.2 Å². The largest absolute Gasteiger partial charge is 0.390 e. The summed E-state index contributed by atoms with van der Waals surface area (Å²) in [6.45, 7) is 6.47. The maximum atomic E-state index is 12.5. The van der Waals surface area contributed by atoms with Crippen LogP contribution in [0.15, 0.2) is 0 Å². The molecule has 5 fully saturated rings. The number of aliphatic hydroxyl groups is 1. The lowest BCUT2D eigenvalue weighted by molar-refractivity contribution is -0.169. The second-order valence-corrected chi connectivity index (χ2v) is 9.21. The first kappa shape index (κ1) is 15.9. The van der Waals surface area contributed by atoms with E-state index < -0.39 is 5.60 Å². The second kappa shape index (κ2) is 5.73. The SMILES string of the molecule is CCN1CC[C@@H](CNC(=O)CC23C[C@@H]4C[C@H](CC(O)(C4)C2)C3)C1. The van der Waals surface area contributed by atoms with Gasteiger partial charge in [0, 0.05) is 19.5 Å². The lowest BCUT2D eigenvalue weighted by Crippen LogP contribution is -2.56. The first-order valence-electron chi connectivity index (χ1n) is 9.69. The predicted octanol–water partition coefficient (Wildman–Crippen LogP) is 2.17. The summed E-state index contributed by atoms with van der Waals surface area (Å²) in [6, 6.07) is 0. The van der Waals surface area contributed by atoms with Crippen molar-refractivity contribution in [2.75, 3.05) is 26.2 Å². The highest BCUT2D eigenvalue weighted by molar-refractivity contribution is 5.76. The van der Waals surface area contributed by atoms with Gasteiger partial charge in [0.05, 0.1) is 5.60 Å². The van der Waals surface area contributed by atoms with Gasteiger partial charge in [0.25, 0.3) is 0 Å². The standard InChI is InChI=1S/C19H32N2O2/c1-2-21-4-3-14(12-21)11-20-17(22)10-18-6-15-5-16(7-18)9-19(23,8-15)13-18/h14-16,23H,2-13H2,1H3,(H,20,22)/t14-,15-,16-,18?,19?/m0/s1. The number of nitrogens with zero attached hydrogens (tertiary/aromatic N) is 1. The number of carbonyl (C=O) groups is 1. The average Bonchev–Trinajstić information content (AvgIpc) is 2.90. The molecule has 2 N–H and O–H groups in total. The zero-order valence-electron chi connectivity index (χ0n) is 14.5. The van der Waals surface area contributed by atoms with Gasteiger partial charge in [0.15, 0.2) is 0 Å². The minimum absolute atomic E-state index is 0.105. The molecule has 4 aliphatic carbocycles. The Balaban J connectivity index is 1.31. The molecule has 0 aromatic rings. The third-order valence-corrected chi connectivity index (χ3v) is 7.09. The average molecular weight is 320 g/mol. The van der Waals surface area contributed by atoms with Crippen LogP contribution in [-0.2, 0) is 4.79 Å². The molecule has 0 spiro atoms. The zero-order chi connectivity index (χ0) is 16.1. The molecule has 0 unspecified atom stereocenters. The molecule has 4 saturated carbocycles. The molecule has 0 aromatic heterocycles. The second-order valence-electron chi connectivity index (χ2n) is 9.21. The van der Waals surface area contributed by atoms with Crippen LogP contribution >= 0.6 is 0 Å². The van der Waals surface area contributed by atoms with Crippen LogP contribution in [0, 0.1) is 23.2 Å². The van der Waals surface area contributed by atoms with Crippen LogP contribution in [0.5, 0.6) is 0 Å². The van der Waals surface area contributed by atoms with Crippen LogP contribution in [0.2, 0.25) is 0 Å². The topological polar surface area (TPSA) is 52.6 Å². The maximum absolute atomic E-state index is 12.5. The molecule has 4 nitrogen and oxygen atoms in total. The highest BCUT2D eigenvalue weighted by Gasteiger charge is 2.57. The number of carbonyl (C=O) groups excluding carboxylic acids is 1. The van der Waals surface area contributed by atoms with Gasteiger partial charge in [-0.3, -0.25) is 4.79 Å². The third-order valence-electron chi connectivity index (χ3n) is 7.09. The summed E-state index contributed by atoms with van der Waals surface area (Å²) in [7, 11) is 0. The number of nitrogens with one attached hydrogen (secondary N) is 1. The van der Waals surface area contributed by atoms with Crippen LogP contribution in [0.4, 0.5) is 0 Å². The molecule has 1 amide bonds. The van der Waals surface area contributed by atoms with E-state index in [1.807, 2.05) is 0 Å². The van der Waals surface area contributed by atoms with Crippen molar-refractivity contribution in [1.29, 1.82) is 0 Å². The monoisotopic (exact) mass is 320 g/mol. The number of rotatable bonds is 5. The molecular weight excluding hydrogens is 288 g/mol. The first-order chi connectivity index (χ1) is 11.0. The highest BCUT2D eigenvalue weighted by Crippen LogP contribution is 2.62. The van der Waals surface area contributed by atoms with E-state index in [4.69, 9.17) is 0 Å². The molecule has 5 aliphatic rings. The van der Waals surface area contributed by atoms with Gasteiger partial charge in [-0.15, -0.1) is 0 Å². The molecule has 0 aromatic carbocycles. The predicted molar refractivity (Wildman–Crippen MR) is 89.9 cm³/mol. The Bertz CT molecular complexity index is 464. The Hall–Kier alpha value is -0.610. The van der Waals surface area contributed by atoms with E-state index in [0.717, 1.165) is 38.9 Å². The third kappa shape index (κ3) is 3.17. The van der Waals surface area contributed by atoms with Crippen molar-refractivity contribution in [1.82, 2.24) is 10.2 Å². The summed E-state index contributed by atoms with van der Waals surface area (Å²) < 4.78 is 0. The van der Waals surface area contributed by atoms with Crippen LogP contribution in [0.3, 0.4) is 0 Å². The number of likely N-dealkylation sites (tertiary alicyclic amines) is 1. The Morgan fingerprint density at radius 2 is 2.00 bits per heavy atom. The summed E-state index contributed by atoms with van der Waals surface area (Å²) in [4.78, 5) is 15.0. The van der Waals surface area contributed by atoms with Crippen molar-refractivity contribution in [2.45, 2.75) is 63.9 Å². The zero-order valence-corrected chi connectivity index (χ0v) is 14.5. The molecule has 23 heavy (non-hydrogen) atoms. The lowest BCUT2D eigenvalue weighted by Gasteiger charge is -2.60. The molecule has 1 saturated heterocycles. The van der Waals surface area contributed by atoms with Crippen molar-refractivity contribution in [2.24, 2.45) is 23.2 Å². The molecule has 1 aliphatic heterocycles. The number of amides is 1. The van der Waals surface area contributed by atoms with Crippen molar-refractivity contribution in [3.8, 4) is 0 Å². The smallest absolute Gasteiger partial charge is 0.220 e. The maximum Gasteiger partial charge on any atom is 0.220 e. The van der Waals surface area contributed by atoms with E-state index in [2.05, 4.69) is 17.1 Å². The molecule has 4 heteroatoms. The Morgan fingerprint density at radius 3 is 2.61 bits per heavy atom. The molecule has 0 radical (unpaired) electrons. The van der Waals surface area contributed by atoms with Crippen molar-refractivity contribution >= 4 is 5.91 Å². The molecule has 130 valence electrons. The van der Waals surface area contributed by atoms with E-state index >= 15 is 0 Å². The molecule has 1 heterocycles. The van der Waals surface area contributed by atoms with Crippen LogP contribution in [0.1, 0.15) is 58.3 Å². The van der Waals surface area contributed by atoms with Crippen LogP contribution < -0.4 is 5.32 Å². The fourth-order valence-electron chi connectivity index (χ4n) is 6.64. The minimum atomic E-state index is -0.447. The van der Waals surface area contributed by atoms with Crippen LogP contribution in [0.25, 0.3) is 0 Å². The van der Waals surface area contributed by atoms with Gasteiger partial charge >= 0.3 is 0 Å². The summed E-state index contributed by atoms with van der Waals surface area (Å²) in [5.41, 5.74) is -0.342. The summed E-state index contributed by atoms with van der Waals surface area (Å²) in [5, 5.41) is 14.0. The Labute approximate surface area is 140 Å². The highest BCUT2D eigenvalue weighted by atomic mass is 16.3. The quantitative estimate of drug-likeness (QED) is 0.816.